The molecule has 0 saturated carbocycles. The molecule has 0 aliphatic carbocycles. The average Bonchev–Trinajstić information content (AvgIpc) is 2.75. The van der Waals surface area contributed by atoms with E-state index in [0.717, 1.165) is 61.0 Å². The van der Waals surface area contributed by atoms with Crippen LogP contribution >= 0.6 is 105 Å². The molecule has 2 aromatic rings. The standard InChI is InChI=1S/C10H8Cl3NS2.C10H9Cl2NS2/c11-6-4-7(12)9(8(13)5-6)16-10-14-2-1-3-15-10;11-7-2-3-8(12)9(6-7)15-10-13-4-1-5-14-10/h4-5H,1-3H2;2-3,6H,1,4-5H2. The summed E-state index contributed by atoms with van der Waals surface area (Å²) < 4.78 is 2.11. The van der Waals surface area contributed by atoms with Crippen LogP contribution in [0.25, 0.3) is 0 Å². The molecule has 0 atom stereocenters. The van der Waals surface area contributed by atoms with Gasteiger partial charge in [0.05, 0.1) is 20.0 Å². The van der Waals surface area contributed by atoms with Crippen LogP contribution in [0.1, 0.15) is 12.8 Å². The minimum absolute atomic E-state index is 0.553. The Morgan fingerprint density at radius 3 is 1.81 bits per heavy atom. The molecule has 0 fully saturated rings. The molecule has 11 heteroatoms. The minimum Gasteiger partial charge on any atom is -0.271 e. The number of hydrogen-bond donors (Lipinski definition) is 0. The zero-order valence-corrected chi connectivity index (χ0v) is 23.1. The fourth-order valence-electron chi connectivity index (χ4n) is 2.37. The Kier molecular flexibility index (Phi) is 11.4. The van der Waals surface area contributed by atoms with Crippen molar-refractivity contribution in [1.29, 1.82) is 0 Å². The van der Waals surface area contributed by atoms with Crippen LogP contribution in [-0.2, 0) is 0 Å². The zero-order chi connectivity index (χ0) is 22.2. The van der Waals surface area contributed by atoms with Gasteiger partial charge in [-0.2, -0.15) is 0 Å². The van der Waals surface area contributed by atoms with Gasteiger partial charge in [0.2, 0.25) is 0 Å². The van der Waals surface area contributed by atoms with E-state index in [1.54, 1.807) is 53.5 Å². The molecule has 0 aromatic heterocycles. The van der Waals surface area contributed by atoms with Crippen molar-refractivity contribution >= 4 is 114 Å². The zero-order valence-electron chi connectivity index (χ0n) is 16.0. The minimum atomic E-state index is 0.553. The van der Waals surface area contributed by atoms with Crippen LogP contribution in [0.5, 0.6) is 0 Å². The van der Waals surface area contributed by atoms with E-state index in [4.69, 9.17) is 58.0 Å². The number of hydrogen-bond acceptors (Lipinski definition) is 6. The maximum atomic E-state index is 6.10. The predicted molar refractivity (Wildman–Crippen MR) is 148 cm³/mol. The molecule has 0 amide bonds. The van der Waals surface area contributed by atoms with Crippen molar-refractivity contribution < 1.29 is 0 Å². The van der Waals surface area contributed by atoms with Gasteiger partial charge < -0.3 is 0 Å². The van der Waals surface area contributed by atoms with Crippen molar-refractivity contribution in [2.75, 3.05) is 24.6 Å². The summed E-state index contributed by atoms with van der Waals surface area (Å²) in [5, 5.41) is 3.16. The Hall–Kier alpha value is 0.630. The molecule has 0 unspecified atom stereocenters. The molecule has 2 aliphatic heterocycles. The SMILES string of the molecule is Clc1cc(Cl)c(SC2=NCCCS2)c(Cl)c1.Clc1ccc(Cl)c(SC2=NCCCS2)c1. The number of aliphatic imine (C=N–C) groups is 2. The summed E-state index contributed by atoms with van der Waals surface area (Å²) in [5.74, 6) is 2.25. The van der Waals surface area contributed by atoms with Crippen molar-refractivity contribution in [3.63, 3.8) is 0 Å². The summed E-state index contributed by atoms with van der Waals surface area (Å²) in [6.45, 7) is 1.81. The van der Waals surface area contributed by atoms with Crippen LogP contribution in [0.4, 0.5) is 0 Å². The summed E-state index contributed by atoms with van der Waals surface area (Å²) in [6, 6.07) is 8.90. The molecule has 166 valence electrons. The van der Waals surface area contributed by atoms with Crippen molar-refractivity contribution in [3.8, 4) is 0 Å². The van der Waals surface area contributed by atoms with E-state index in [0.29, 0.717) is 20.1 Å². The van der Waals surface area contributed by atoms with E-state index in [-0.39, 0.29) is 0 Å². The van der Waals surface area contributed by atoms with Gasteiger partial charge in [-0.25, -0.2) is 0 Å². The summed E-state index contributed by atoms with van der Waals surface area (Å²) in [5.41, 5.74) is 0. The fraction of sp³-hybridized carbons (Fsp3) is 0.300. The van der Waals surface area contributed by atoms with Crippen molar-refractivity contribution in [2.45, 2.75) is 22.6 Å². The predicted octanol–water partition coefficient (Wildman–Crippen LogP) is 9.81. The van der Waals surface area contributed by atoms with Crippen LogP contribution in [0.2, 0.25) is 25.1 Å². The maximum absolute atomic E-state index is 6.10. The fourth-order valence-corrected chi connectivity index (χ4v) is 7.98. The Balaban J connectivity index is 0.000000176. The average molecular weight is 591 g/mol. The van der Waals surface area contributed by atoms with E-state index in [2.05, 4.69) is 9.98 Å². The lowest BCUT2D eigenvalue weighted by Crippen LogP contribution is -1.99. The normalized spacial score (nSPS) is 16.2. The van der Waals surface area contributed by atoms with Crippen LogP contribution in [0.15, 0.2) is 50.1 Å². The monoisotopic (exact) mass is 588 g/mol. The van der Waals surface area contributed by atoms with E-state index in [1.165, 1.54) is 11.8 Å². The summed E-state index contributed by atoms with van der Waals surface area (Å²) >= 11 is 36.7. The Morgan fingerprint density at radius 1 is 0.677 bits per heavy atom. The van der Waals surface area contributed by atoms with Gasteiger partial charge in [0, 0.05) is 39.5 Å². The van der Waals surface area contributed by atoms with E-state index < -0.39 is 0 Å². The van der Waals surface area contributed by atoms with Crippen molar-refractivity contribution in [3.05, 3.63) is 55.4 Å². The second-order valence-corrected chi connectivity index (χ2v) is 13.0. The number of nitrogens with zero attached hydrogens (tertiary/aromatic N) is 2. The largest absolute Gasteiger partial charge is 0.271 e. The Morgan fingerprint density at radius 2 is 1.26 bits per heavy atom. The number of rotatable bonds is 2. The molecule has 2 aliphatic rings. The quantitative estimate of drug-likeness (QED) is 0.348. The third-order valence-electron chi connectivity index (χ3n) is 3.78. The number of halogens is 5. The van der Waals surface area contributed by atoms with Gasteiger partial charge in [0.15, 0.2) is 0 Å². The molecule has 31 heavy (non-hydrogen) atoms. The summed E-state index contributed by atoms with van der Waals surface area (Å²) in [6.07, 6.45) is 2.30. The molecule has 2 aromatic carbocycles. The highest BCUT2D eigenvalue weighted by Crippen LogP contribution is 2.40. The van der Waals surface area contributed by atoms with Gasteiger partial charge in [-0.05, 0) is 43.2 Å². The van der Waals surface area contributed by atoms with Crippen molar-refractivity contribution in [1.82, 2.24) is 0 Å². The van der Waals surface area contributed by atoms with E-state index in [1.807, 2.05) is 12.1 Å². The molecule has 0 N–H and O–H groups in total. The lowest BCUT2D eigenvalue weighted by molar-refractivity contribution is 0.942. The molecular weight excluding hydrogens is 574 g/mol. The number of benzene rings is 2. The topological polar surface area (TPSA) is 24.7 Å². The third kappa shape index (κ3) is 8.73. The molecule has 4 rings (SSSR count). The smallest absolute Gasteiger partial charge is 0.129 e. The van der Waals surface area contributed by atoms with Crippen LogP contribution in [-0.4, -0.2) is 33.3 Å². The van der Waals surface area contributed by atoms with Gasteiger partial charge in [-0.3, -0.25) is 9.98 Å². The lowest BCUT2D eigenvalue weighted by atomic mass is 10.4. The van der Waals surface area contributed by atoms with E-state index >= 15 is 0 Å². The highest BCUT2D eigenvalue weighted by atomic mass is 35.5. The highest BCUT2D eigenvalue weighted by Gasteiger charge is 2.14. The van der Waals surface area contributed by atoms with Crippen LogP contribution in [0, 0.1) is 0 Å². The maximum Gasteiger partial charge on any atom is 0.129 e. The first-order chi connectivity index (χ1) is 14.9. The Bertz CT molecular complexity index is 961. The molecule has 0 spiro atoms. The molecule has 0 saturated heterocycles. The van der Waals surface area contributed by atoms with Gasteiger partial charge in [-0.15, -0.1) is 0 Å². The third-order valence-corrected chi connectivity index (χ3v) is 10.2. The molecule has 0 radical (unpaired) electrons. The second kappa shape index (κ2) is 13.5. The van der Waals surface area contributed by atoms with Gasteiger partial charge in [-0.1, -0.05) is 105 Å². The first-order valence-electron chi connectivity index (χ1n) is 9.22. The molecule has 2 heterocycles. The number of thioether (sulfide) groups is 4. The molecular formula is C20H17Cl5N2S4. The first kappa shape index (κ1) is 26.2. The highest BCUT2D eigenvalue weighted by molar-refractivity contribution is 8.39. The van der Waals surface area contributed by atoms with Gasteiger partial charge in [0.25, 0.3) is 0 Å². The van der Waals surface area contributed by atoms with Gasteiger partial charge >= 0.3 is 0 Å². The molecule has 0 bridgehead atoms. The van der Waals surface area contributed by atoms with Crippen molar-refractivity contribution in [2.24, 2.45) is 9.98 Å². The summed E-state index contributed by atoms with van der Waals surface area (Å²) in [7, 11) is 0. The van der Waals surface area contributed by atoms with Crippen LogP contribution < -0.4 is 0 Å². The van der Waals surface area contributed by atoms with Crippen LogP contribution in [0.3, 0.4) is 0 Å². The first-order valence-corrected chi connectivity index (χ1v) is 14.7. The summed E-state index contributed by atoms with van der Waals surface area (Å²) in [4.78, 5) is 10.7. The second-order valence-electron chi connectivity index (χ2n) is 6.18. The Labute approximate surface area is 224 Å². The van der Waals surface area contributed by atoms with E-state index in [9.17, 15) is 0 Å². The molecule has 2 nitrogen and oxygen atoms in total. The lowest BCUT2D eigenvalue weighted by Gasteiger charge is -2.12. The van der Waals surface area contributed by atoms with Gasteiger partial charge in [0.1, 0.15) is 8.75 Å².